The summed E-state index contributed by atoms with van der Waals surface area (Å²) in [4.78, 5) is 22.8. The summed E-state index contributed by atoms with van der Waals surface area (Å²) in [5.41, 5.74) is 0.317. The molecule has 0 saturated heterocycles. The molecule has 1 unspecified atom stereocenters. The summed E-state index contributed by atoms with van der Waals surface area (Å²) in [6.45, 7) is 2.33. The van der Waals surface area contributed by atoms with Gasteiger partial charge in [-0.1, -0.05) is 19.1 Å². The van der Waals surface area contributed by atoms with Crippen molar-refractivity contribution in [3.05, 3.63) is 29.8 Å². The number of urea groups is 1. The van der Waals surface area contributed by atoms with Gasteiger partial charge in [0.15, 0.2) is 0 Å². The number of hydrogen-bond donors (Lipinski definition) is 3. The summed E-state index contributed by atoms with van der Waals surface area (Å²) in [6, 6.07) is 5.69. The first kappa shape index (κ1) is 15.0. The number of hydrogen-bond acceptors (Lipinski definition) is 3. The fourth-order valence-corrected chi connectivity index (χ4v) is 1.59. The average Bonchev–Trinajstić information content (AvgIpc) is 2.38. The summed E-state index contributed by atoms with van der Waals surface area (Å²) in [7, 11) is 1.56. The van der Waals surface area contributed by atoms with Crippen LogP contribution in [0.4, 0.5) is 10.5 Å². The molecule has 0 bridgehead atoms. The molecule has 19 heavy (non-hydrogen) atoms. The third-order valence-corrected chi connectivity index (χ3v) is 2.60. The van der Waals surface area contributed by atoms with E-state index < -0.39 is 12.0 Å². The third-order valence-electron chi connectivity index (χ3n) is 2.60. The number of aromatic carboxylic acids is 1. The fraction of sp³-hybridized carbons (Fsp3) is 0.385. The van der Waals surface area contributed by atoms with Crippen LogP contribution in [0.2, 0.25) is 0 Å². The van der Waals surface area contributed by atoms with E-state index in [0.717, 1.165) is 6.42 Å². The molecule has 0 aliphatic carbocycles. The third kappa shape index (κ3) is 4.59. The van der Waals surface area contributed by atoms with Gasteiger partial charge in [0.05, 0.1) is 23.9 Å². The average molecular weight is 266 g/mol. The molecular formula is C13H18N2O4. The second-order valence-electron chi connectivity index (χ2n) is 4.01. The van der Waals surface area contributed by atoms with Crippen LogP contribution in [0.5, 0.6) is 0 Å². The van der Waals surface area contributed by atoms with E-state index in [4.69, 9.17) is 9.84 Å². The molecule has 0 aliphatic rings. The van der Waals surface area contributed by atoms with Crippen LogP contribution in [-0.4, -0.2) is 36.9 Å². The van der Waals surface area contributed by atoms with Crippen LogP contribution >= 0.6 is 0 Å². The Morgan fingerprint density at radius 2 is 2.05 bits per heavy atom. The molecule has 0 spiro atoms. The Morgan fingerprint density at radius 3 is 2.63 bits per heavy atom. The largest absolute Gasteiger partial charge is 0.478 e. The van der Waals surface area contributed by atoms with Gasteiger partial charge in [-0.15, -0.1) is 0 Å². The van der Waals surface area contributed by atoms with Crippen LogP contribution < -0.4 is 10.6 Å². The lowest BCUT2D eigenvalue weighted by atomic mass is 10.2. The van der Waals surface area contributed by atoms with E-state index in [1.54, 1.807) is 25.3 Å². The van der Waals surface area contributed by atoms with Gasteiger partial charge in [0, 0.05) is 7.11 Å². The zero-order chi connectivity index (χ0) is 14.3. The van der Waals surface area contributed by atoms with Crippen molar-refractivity contribution < 1.29 is 19.4 Å². The minimum Gasteiger partial charge on any atom is -0.478 e. The van der Waals surface area contributed by atoms with Crippen LogP contribution in [0.25, 0.3) is 0 Å². The monoisotopic (exact) mass is 266 g/mol. The van der Waals surface area contributed by atoms with Crippen molar-refractivity contribution >= 4 is 17.7 Å². The molecule has 0 aliphatic heterocycles. The Balaban J connectivity index is 2.69. The molecule has 0 fully saturated rings. The number of para-hydroxylation sites is 1. The topological polar surface area (TPSA) is 87.7 Å². The molecule has 1 aromatic rings. The molecule has 1 rings (SSSR count). The molecular weight excluding hydrogens is 248 g/mol. The van der Waals surface area contributed by atoms with Crippen LogP contribution in [0, 0.1) is 0 Å². The van der Waals surface area contributed by atoms with Gasteiger partial charge in [0.25, 0.3) is 0 Å². The number of carbonyl (C=O) groups excluding carboxylic acids is 1. The highest BCUT2D eigenvalue weighted by Gasteiger charge is 2.14. The lowest BCUT2D eigenvalue weighted by Crippen LogP contribution is -2.40. The summed E-state index contributed by atoms with van der Waals surface area (Å²) in [6.07, 6.45) is 0.724. The molecule has 104 valence electrons. The van der Waals surface area contributed by atoms with Gasteiger partial charge in [-0.2, -0.15) is 0 Å². The van der Waals surface area contributed by atoms with Gasteiger partial charge in [-0.25, -0.2) is 9.59 Å². The number of ether oxygens (including phenoxy) is 1. The van der Waals surface area contributed by atoms with E-state index in [1.165, 1.54) is 6.07 Å². The number of carboxylic acid groups (broad SMARTS) is 1. The van der Waals surface area contributed by atoms with Crippen LogP contribution in [0.1, 0.15) is 23.7 Å². The van der Waals surface area contributed by atoms with Gasteiger partial charge >= 0.3 is 12.0 Å². The zero-order valence-electron chi connectivity index (χ0n) is 11.0. The summed E-state index contributed by atoms with van der Waals surface area (Å²) in [5, 5.41) is 14.2. The van der Waals surface area contributed by atoms with E-state index in [0.29, 0.717) is 6.61 Å². The summed E-state index contributed by atoms with van der Waals surface area (Å²) < 4.78 is 4.97. The minimum absolute atomic E-state index is 0.0532. The molecule has 2 amide bonds. The Labute approximate surface area is 111 Å². The second kappa shape index (κ2) is 7.38. The van der Waals surface area contributed by atoms with Crippen LogP contribution in [-0.2, 0) is 4.74 Å². The molecule has 3 N–H and O–H groups in total. The number of rotatable bonds is 6. The van der Waals surface area contributed by atoms with Gasteiger partial charge < -0.3 is 20.5 Å². The van der Waals surface area contributed by atoms with Gasteiger partial charge in [-0.3, -0.25) is 0 Å². The van der Waals surface area contributed by atoms with Crippen molar-refractivity contribution in [2.75, 3.05) is 19.0 Å². The van der Waals surface area contributed by atoms with Crippen molar-refractivity contribution in [1.82, 2.24) is 5.32 Å². The Kier molecular flexibility index (Phi) is 5.81. The number of amides is 2. The molecule has 0 radical (unpaired) electrons. The highest BCUT2D eigenvalue weighted by atomic mass is 16.5. The molecule has 0 heterocycles. The second-order valence-corrected chi connectivity index (χ2v) is 4.01. The van der Waals surface area contributed by atoms with Crippen molar-refractivity contribution in [3.8, 4) is 0 Å². The first-order valence-corrected chi connectivity index (χ1v) is 5.97. The number of carbonyl (C=O) groups is 2. The molecule has 6 nitrogen and oxygen atoms in total. The maximum atomic E-state index is 11.8. The molecule has 0 aromatic heterocycles. The van der Waals surface area contributed by atoms with Gasteiger partial charge in [-0.05, 0) is 18.6 Å². The highest BCUT2D eigenvalue weighted by Crippen LogP contribution is 2.14. The fourth-order valence-electron chi connectivity index (χ4n) is 1.59. The van der Waals surface area contributed by atoms with Crippen LogP contribution in [0.15, 0.2) is 24.3 Å². The van der Waals surface area contributed by atoms with Gasteiger partial charge in [0.1, 0.15) is 0 Å². The number of carboxylic acids is 1. The number of benzene rings is 1. The van der Waals surface area contributed by atoms with Crippen molar-refractivity contribution in [2.24, 2.45) is 0 Å². The molecule has 0 saturated carbocycles. The molecule has 1 aromatic carbocycles. The normalized spacial score (nSPS) is 11.7. The predicted octanol–water partition coefficient (Wildman–Crippen LogP) is 1.93. The molecule has 1 atom stereocenters. The maximum Gasteiger partial charge on any atom is 0.337 e. The van der Waals surface area contributed by atoms with Crippen molar-refractivity contribution in [3.63, 3.8) is 0 Å². The van der Waals surface area contributed by atoms with Gasteiger partial charge in [0.2, 0.25) is 0 Å². The first-order chi connectivity index (χ1) is 9.08. The lowest BCUT2D eigenvalue weighted by molar-refractivity contribution is 0.0698. The minimum atomic E-state index is -1.08. The van der Waals surface area contributed by atoms with E-state index in [2.05, 4.69) is 10.6 Å². The quantitative estimate of drug-likeness (QED) is 0.734. The summed E-state index contributed by atoms with van der Waals surface area (Å²) >= 11 is 0. The standard InChI is InChI=1S/C13H18N2O4/c1-3-9(8-19-2)14-13(18)15-11-7-5-4-6-10(11)12(16)17/h4-7,9H,3,8H2,1-2H3,(H,16,17)(H2,14,15,18). The predicted molar refractivity (Wildman–Crippen MR) is 71.5 cm³/mol. The zero-order valence-corrected chi connectivity index (χ0v) is 11.0. The van der Waals surface area contributed by atoms with E-state index in [-0.39, 0.29) is 17.3 Å². The van der Waals surface area contributed by atoms with E-state index in [9.17, 15) is 9.59 Å². The van der Waals surface area contributed by atoms with Crippen LogP contribution in [0.3, 0.4) is 0 Å². The Morgan fingerprint density at radius 1 is 1.37 bits per heavy atom. The lowest BCUT2D eigenvalue weighted by Gasteiger charge is -2.17. The maximum absolute atomic E-state index is 11.8. The van der Waals surface area contributed by atoms with Crippen molar-refractivity contribution in [2.45, 2.75) is 19.4 Å². The molecule has 6 heteroatoms. The Hall–Kier alpha value is -2.08. The smallest absolute Gasteiger partial charge is 0.337 e. The van der Waals surface area contributed by atoms with Crippen molar-refractivity contribution in [1.29, 1.82) is 0 Å². The Bertz CT molecular complexity index is 448. The highest BCUT2D eigenvalue weighted by molar-refractivity contribution is 5.99. The first-order valence-electron chi connectivity index (χ1n) is 5.97. The SMILES string of the molecule is CCC(COC)NC(=O)Nc1ccccc1C(=O)O. The van der Waals surface area contributed by atoms with E-state index >= 15 is 0 Å². The van der Waals surface area contributed by atoms with E-state index in [1.807, 2.05) is 6.92 Å². The number of anilines is 1. The summed E-state index contributed by atoms with van der Waals surface area (Å²) in [5.74, 6) is -1.08. The number of nitrogens with one attached hydrogen (secondary N) is 2. The number of methoxy groups -OCH3 is 1.